The van der Waals surface area contributed by atoms with Crippen LogP contribution in [0.25, 0.3) is 0 Å². The van der Waals surface area contributed by atoms with Gasteiger partial charge in [0.05, 0.1) is 0 Å². The Morgan fingerprint density at radius 3 is 2.65 bits per heavy atom. The third kappa shape index (κ3) is 4.14. The first-order valence-electron chi connectivity index (χ1n) is 7.82. The van der Waals surface area contributed by atoms with E-state index >= 15 is 0 Å². The Morgan fingerprint density at radius 2 is 1.95 bits per heavy atom. The molecule has 0 aromatic heterocycles. The molecular weight excluding hydrogens is 250 g/mol. The maximum atomic E-state index is 6.14. The summed E-state index contributed by atoms with van der Waals surface area (Å²) in [5, 5.41) is 3.62. The predicted octanol–water partition coefficient (Wildman–Crippen LogP) is 3.63. The van der Waals surface area contributed by atoms with Crippen LogP contribution in [-0.2, 0) is 0 Å². The fourth-order valence-corrected chi connectivity index (χ4v) is 2.50. The lowest BCUT2D eigenvalue weighted by atomic mass is 9.99. The Kier molecular flexibility index (Phi) is 5.72. The van der Waals surface area contributed by atoms with Crippen LogP contribution in [0, 0.1) is 5.92 Å². The molecule has 0 aliphatic carbocycles. The lowest BCUT2D eigenvalue weighted by Gasteiger charge is -2.33. The monoisotopic (exact) mass is 277 g/mol. The van der Waals surface area contributed by atoms with Crippen molar-refractivity contribution in [2.45, 2.75) is 52.2 Å². The second-order valence-electron chi connectivity index (χ2n) is 5.95. The number of hydrogen-bond acceptors (Lipinski definition) is 3. The minimum absolute atomic E-state index is 0.107. The number of fused-ring (bicyclic) bond motifs is 1. The summed E-state index contributed by atoms with van der Waals surface area (Å²) in [6.07, 6.45) is 3.59. The summed E-state index contributed by atoms with van der Waals surface area (Å²) in [5.74, 6) is 2.45. The van der Waals surface area contributed by atoms with E-state index in [2.05, 4.69) is 26.1 Å². The van der Waals surface area contributed by atoms with Crippen molar-refractivity contribution in [1.82, 2.24) is 5.32 Å². The third-order valence-corrected chi connectivity index (χ3v) is 3.69. The molecule has 3 heteroatoms. The third-order valence-electron chi connectivity index (χ3n) is 3.69. The first-order chi connectivity index (χ1) is 9.70. The Hall–Kier alpha value is -1.22. The smallest absolute Gasteiger partial charge is 0.161 e. The van der Waals surface area contributed by atoms with Crippen molar-refractivity contribution in [2.75, 3.05) is 13.2 Å². The highest BCUT2D eigenvalue weighted by molar-refractivity contribution is 5.40. The van der Waals surface area contributed by atoms with Gasteiger partial charge < -0.3 is 14.8 Å². The second-order valence-corrected chi connectivity index (χ2v) is 5.95. The molecule has 2 atom stereocenters. The van der Waals surface area contributed by atoms with Crippen LogP contribution in [0.4, 0.5) is 0 Å². The maximum Gasteiger partial charge on any atom is 0.161 e. The fourth-order valence-electron chi connectivity index (χ4n) is 2.50. The normalized spacial score (nSPS) is 19.1. The quantitative estimate of drug-likeness (QED) is 0.825. The Bertz CT molecular complexity index is 406. The van der Waals surface area contributed by atoms with E-state index in [1.54, 1.807) is 0 Å². The first kappa shape index (κ1) is 15.2. The molecule has 0 spiro atoms. The van der Waals surface area contributed by atoms with Gasteiger partial charge in [-0.1, -0.05) is 32.9 Å². The molecule has 3 nitrogen and oxygen atoms in total. The molecule has 1 aliphatic heterocycles. The van der Waals surface area contributed by atoms with Crippen LogP contribution in [0.2, 0.25) is 0 Å². The van der Waals surface area contributed by atoms with Crippen LogP contribution < -0.4 is 14.8 Å². The lowest BCUT2D eigenvalue weighted by Crippen LogP contribution is -2.48. The standard InChI is InChI=1S/C17H27NO2/c1-4-11-18-14(10-9-13(2)3)17-12-19-15-7-5-6-8-16(15)20-17/h5-8,13-14,17-18H,4,9-12H2,1-3H3. The maximum absolute atomic E-state index is 6.14. The average molecular weight is 277 g/mol. The van der Waals surface area contributed by atoms with Crippen molar-refractivity contribution >= 4 is 0 Å². The summed E-state index contributed by atoms with van der Waals surface area (Å²) < 4.78 is 12.0. The highest BCUT2D eigenvalue weighted by atomic mass is 16.6. The first-order valence-corrected chi connectivity index (χ1v) is 7.82. The van der Waals surface area contributed by atoms with Gasteiger partial charge in [0.2, 0.25) is 0 Å². The van der Waals surface area contributed by atoms with Gasteiger partial charge in [-0.2, -0.15) is 0 Å². The molecule has 2 unspecified atom stereocenters. The predicted molar refractivity (Wildman–Crippen MR) is 82.5 cm³/mol. The number of para-hydroxylation sites is 2. The van der Waals surface area contributed by atoms with E-state index in [0.717, 1.165) is 36.8 Å². The highest BCUT2D eigenvalue weighted by Crippen LogP contribution is 2.32. The van der Waals surface area contributed by atoms with E-state index in [-0.39, 0.29) is 6.10 Å². The largest absolute Gasteiger partial charge is 0.486 e. The van der Waals surface area contributed by atoms with Crippen LogP contribution in [0.5, 0.6) is 11.5 Å². The van der Waals surface area contributed by atoms with Gasteiger partial charge in [0.15, 0.2) is 11.5 Å². The fraction of sp³-hybridized carbons (Fsp3) is 0.647. The van der Waals surface area contributed by atoms with Gasteiger partial charge in [-0.15, -0.1) is 0 Å². The molecule has 20 heavy (non-hydrogen) atoms. The van der Waals surface area contributed by atoms with Gasteiger partial charge in [0, 0.05) is 6.04 Å². The minimum atomic E-state index is 0.107. The lowest BCUT2D eigenvalue weighted by molar-refractivity contribution is 0.0579. The summed E-state index contributed by atoms with van der Waals surface area (Å²) >= 11 is 0. The van der Waals surface area contributed by atoms with Gasteiger partial charge in [-0.3, -0.25) is 0 Å². The van der Waals surface area contributed by atoms with Crippen molar-refractivity contribution in [3.63, 3.8) is 0 Å². The Labute approximate surface area is 122 Å². The van der Waals surface area contributed by atoms with Crippen molar-refractivity contribution in [3.05, 3.63) is 24.3 Å². The van der Waals surface area contributed by atoms with Crippen molar-refractivity contribution in [3.8, 4) is 11.5 Å². The van der Waals surface area contributed by atoms with Crippen LogP contribution in [0.1, 0.15) is 40.0 Å². The number of hydrogen-bond donors (Lipinski definition) is 1. The molecule has 0 bridgehead atoms. The van der Waals surface area contributed by atoms with Gasteiger partial charge in [0.1, 0.15) is 12.7 Å². The molecule has 0 amide bonds. The molecule has 2 rings (SSSR count). The molecular formula is C17H27NO2. The van der Waals surface area contributed by atoms with E-state index in [4.69, 9.17) is 9.47 Å². The number of rotatable bonds is 7. The zero-order valence-corrected chi connectivity index (χ0v) is 12.9. The zero-order chi connectivity index (χ0) is 14.4. The van der Waals surface area contributed by atoms with Crippen LogP contribution >= 0.6 is 0 Å². The highest BCUT2D eigenvalue weighted by Gasteiger charge is 2.28. The molecule has 0 saturated carbocycles. The van der Waals surface area contributed by atoms with Gasteiger partial charge in [-0.25, -0.2) is 0 Å². The minimum Gasteiger partial charge on any atom is -0.486 e. The van der Waals surface area contributed by atoms with E-state index < -0.39 is 0 Å². The van der Waals surface area contributed by atoms with Crippen LogP contribution in [0.3, 0.4) is 0 Å². The van der Waals surface area contributed by atoms with Crippen LogP contribution in [0.15, 0.2) is 24.3 Å². The summed E-state index contributed by atoms with van der Waals surface area (Å²) in [5.41, 5.74) is 0. The molecule has 112 valence electrons. The van der Waals surface area contributed by atoms with E-state index in [0.29, 0.717) is 12.6 Å². The Balaban J connectivity index is 1.98. The van der Waals surface area contributed by atoms with Gasteiger partial charge >= 0.3 is 0 Å². The van der Waals surface area contributed by atoms with E-state index in [1.165, 1.54) is 6.42 Å². The molecule has 1 N–H and O–H groups in total. The van der Waals surface area contributed by atoms with Crippen molar-refractivity contribution in [2.24, 2.45) is 5.92 Å². The molecule has 1 aromatic rings. The average Bonchev–Trinajstić information content (AvgIpc) is 2.46. The summed E-state index contributed by atoms with van der Waals surface area (Å²) in [7, 11) is 0. The molecule has 1 heterocycles. The molecule has 1 aromatic carbocycles. The van der Waals surface area contributed by atoms with E-state index in [1.807, 2.05) is 24.3 Å². The van der Waals surface area contributed by atoms with Crippen LogP contribution in [-0.4, -0.2) is 25.3 Å². The molecule has 0 saturated heterocycles. The Morgan fingerprint density at radius 1 is 1.20 bits per heavy atom. The molecule has 0 fully saturated rings. The van der Waals surface area contributed by atoms with Crippen molar-refractivity contribution in [1.29, 1.82) is 0 Å². The molecule has 1 aliphatic rings. The summed E-state index contributed by atoms with van der Waals surface area (Å²) in [6, 6.07) is 8.29. The number of ether oxygens (including phenoxy) is 2. The van der Waals surface area contributed by atoms with Gasteiger partial charge in [0.25, 0.3) is 0 Å². The topological polar surface area (TPSA) is 30.5 Å². The summed E-state index contributed by atoms with van der Waals surface area (Å²) in [6.45, 7) is 8.40. The SMILES string of the molecule is CCCNC(CCC(C)C)C1COc2ccccc2O1. The van der Waals surface area contributed by atoms with Gasteiger partial charge in [-0.05, 0) is 43.9 Å². The number of nitrogens with one attached hydrogen (secondary N) is 1. The number of benzene rings is 1. The second kappa shape index (κ2) is 7.53. The summed E-state index contributed by atoms with van der Waals surface area (Å²) in [4.78, 5) is 0. The van der Waals surface area contributed by atoms with E-state index in [9.17, 15) is 0 Å². The van der Waals surface area contributed by atoms with Crippen molar-refractivity contribution < 1.29 is 9.47 Å². The molecule has 0 radical (unpaired) electrons. The zero-order valence-electron chi connectivity index (χ0n) is 12.9.